The number of para-hydroxylation sites is 1. The van der Waals surface area contributed by atoms with Crippen molar-refractivity contribution in [2.75, 3.05) is 25.5 Å². The van der Waals surface area contributed by atoms with E-state index in [1.165, 1.54) is 12.3 Å². The number of hydrogen-bond donors (Lipinski definition) is 1. The lowest BCUT2D eigenvalue weighted by Gasteiger charge is -2.33. The van der Waals surface area contributed by atoms with Gasteiger partial charge < -0.3 is 15.0 Å². The van der Waals surface area contributed by atoms with Gasteiger partial charge >= 0.3 is 0 Å². The van der Waals surface area contributed by atoms with Crippen LogP contribution in [0.3, 0.4) is 0 Å². The Bertz CT molecular complexity index is 1070. The molecule has 30 heavy (non-hydrogen) atoms. The molecule has 1 fully saturated rings. The van der Waals surface area contributed by atoms with Crippen molar-refractivity contribution in [1.82, 2.24) is 9.88 Å². The molecule has 5 nitrogen and oxygen atoms in total. The van der Waals surface area contributed by atoms with Crippen LogP contribution in [-0.2, 0) is 11.2 Å². The highest BCUT2D eigenvalue weighted by atomic mass is 19.1. The fraction of sp³-hybridized carbons (Fsp3) is 0.304. The summed E-state index contributed by atoms with van der Waals surface area (Å²) < 4.78 is 33.0. The summed E-state index contributed by atoms with van der Waals surface area (Å²) in [4.78, 5) is 18.6. The number of piperidine rings is 1. The number of benzene rings is 2. The van der Waals surface area contributed by atoms with Crippen molar-refractivity contribution in [2.24, 2.45) is 0 Å². The molecule has 1 aliphatic heterocycles. The van der Waals surface area contributed by atoms with Crippen molar-refractivity contribution in [3.05, 3.63) is 65.9 Å². The van der Waals surface area contributed by atoms with E-state index >= 15 is 0 Å². The number of fused-ring (bicyclic) bond motifs is 1. The topological polar surface area (TPSA) is 54.5 Å². The molecule has 1 aliphatic rings. The summed E-state index contributed by atoms with van der Waals surface area (Å²) in [6.45, 7) is 1.24. The Labute approximate surface area is 173 Å². The number of hydrogen-bond acceptors (Lipinski definition) is 4. The van der Waals surface area contributed by atoms with Gasteiger partial charge in [-0.3, -0.25) is 9.78 Å². The van der Waals surface area contributed by atoms with Gasteiger partial charge in [0.2, 0.25) is 5.91 Å². The Morgan fingerprint density at radius 3 is 2.73 bits per heavy atom. The van der Waals surface area contributed by atoms with Gasteiger partial charge in [-0.05, 0) is 31.0 Å². The highest BCUT2D eigenvalue weighted by Gasteiger charge is 2.24. The van der Waals surface area contributed by atoms with Crippen LogP contribution in [0.2, 0.25) is 0 Å². The highest BCUT2D eigenvalue weighted by Crippen LogP contribution is 2.27. The summed E-state index contributed by atoms with van der Waals surface area (Å²) >= 11 is 0. The Morgan fingerprint density at radius 1 is 1.20 bits per heavy atom. The van der Waals surface area contributed by atoms with Crippen LogP contribution in [0.1, 0.15) is 18.4 Å². The third-order valence-corrected chi connectivity index (χ3v) is 5.50. The molecule has 0 unspecified atom stereocenters. The van der Waals surface area contributed by atoms with Crippen LogP contribution in [0, 0.1) is 11.6 Å². The number of pyridine rings is 1. The van der Waals surface area contributed by atoms with Crippen molar-refractivity contribution < 1.29 is 18.3 Å². The number of carbonyl (C=O) groups excluding carboxylic acids is 1. The molecule has 0 spiro atoms. The number of aromatic nitrogens is 1. The van der Waals surface area contributed by atoms with Gasteiger partial charge in [-0.25, -0.2) is 8.78 Å². The molecule has 1 amide bonds. The van der Waals surface area contributed by atoms with E-state index in [1.807, 2.05) is 29.2 Å². The average Bonchev–Trinajstić information content (AvgIpc) is 2.75. The van der Waals surface area contributed by atoms with Crippen LogP contribution in [0.4, 0.5) is 14.5 Å². The molecule has 1 aromatic heterocycles. The average molecular weight is 411 g/mol. The third-order valence-electron chi connectivity index (χ3n) is 5.50. The van der Waals surface area contributed by atoms with Gasteiger partial charge in [0.25, 0.3) is 0 Å². The van der Waals surface area contributed by atoms with Gasteiger partial charge in [0.15, 0.2) is 5.82 Å². The summed E-state index contributed by atoms with van der Waals surface area (Å²) in [7, 11) is 1.60. The van der Waals surface area contributed by atoms with Crippen molar-refractivity contribution >= 4 is 22.5 Å². The Morgan fingerprint density at radius 2 is 1.97 bits per heavy atom. The van der Waals surface area contributed by atoms with E-state index in [2.05, 4.69) is 10.3 Å². The molecule has 156 valence electrons. The third kappa shape index (κ3) is 4.20. The second-order valence-electron chi connectivity index (χ2n) is 7.43. The molecule has 0 aliphatic carbocycles. The van der Waals surface area contributed by atoms with Crippen LogP contribution in [0.15, 0.2) is 48.7 Å². The van der Waals surface area contributed by atoms with Crippen LogP contribution < -0.4 is 10.1 Å². The number of halogens is 2. The van der Waals surface area contributed by atoms with E-state index < -0.39 is 11.6 Å². The number of methoxy groups -OCH3 is 1. The minimum absolute atomic E-state index is 0.0662. The molecule has 0 atom stereocenters. The van der Waals surface area contributed by atoms with E-state index in [0.29, 0.717) is 36.3 Å². The maximum absolute atomic E-state index is 14.0. The molecular weight excluding hydrogens is 388 g/mol. The number of amides is 1. The number of nitrogens with one attached hydrogen (secondary N) is 1. The van der Waals surface area contributed by atoms with Gasteiger partial charge in [-0.1, -0.05) is 18.2 Å². The zero-order valence-corrected chi connectivity index (χ0v) is 16.7. The first-order chi connectivity index (χ1) is 14.5. The van der Waals surface area contributed by atoms with Gasteiger partial charge in [0, 0.05) is 48.0 Å². The molecule has 0 saturated carbocycles. The van der Waals surface area contributed by atoms with Gasteiger partial charge in [-0.15, -0.1) is 0 Å². The molecule has 2 aromatic carbocycles. The minimum atomic E-state index is -0.676. The minimum Gasteiger partial charge on any atom is -0.496 e. The van der Waals surface area contributed by atoms with Crippen molar-refractivity contribution in [2.45, 2.75) is 25.3 Å². The number of nitrogens with zero attached hydrogens (tertiary/aromatic N) is 2. The fourth-order valence-electron chi connectivity index (χ4n) is 3.92. The molecule has 1 saturated heterocycles. The number of carbonyl (C=O) groups is 1. The van der Waals surface area contributed by atoms with Crippen LogP contribution in [-0.4, -0.2) is 42.0 Å². The van der Waals surface area contributed by atoms with E-state index in [1.54, 1.807) is 13.2 Å². The first kappa shape index (κ1) is 20.1. The van der Waals surface area contributed by atoms with Crippen LogP contribution in [0.25, 0.3) is 10.9 Å². The molecule has 2 heterocycles. The second kappa shape index (κ2) is 8.65. The zero-order valence-electron chi connectivity index (χ0n) is 16.7. The molecule has 7 heteroatoms. The predicted octanol–water partition coefficient (Wildman–Crippen LogP) is 4.17. The summed E-state index contributed by atoms with van der Waals surface area (Å²) in [6, 6.07) is 11.5. The number of anilines is 1. The van der Waals surface area contributed by atoms with Crippen molar-refractivity contribution in [3.8, 4) is 5.75 Å². The lowest BCUT2D eigenvalue weighted by molar-refractivity contribution is -0.131. The largest absolute Gasteiger partial charge is 0.496 e. The smallest absolute Gasteiger partial charge is 0.227 e. The van der Waals surface area contributed by atoms with Crippen molar-refractivity contribution in [3.63, 3.8) is 0 Å². The zero-order chi connectivity index (χ0) is 21.1. The van der Waals surface area contributed by atoms with Crippen LogP contribution in [0.5, 0.6) is 5.75 Å². The monoisotopic (exact) mass is 411 g/mol. The standard InChI is InChI=1S/C23H23F2N3O2/c1-30-21-5-3-2-4-15(21)12-22(29)28-10-7-17(8-11-28)27-20-6-9-26-23-18(20)13-16(24)14-19(23)25/h2-6,9,13-14,17H,7-8,10-12H2,1H3,(H,26,27). The maximum atomic E-state index is 14.0. The number of ether oxygens (including phenoxy) is 1. The van der Waals surface area contributed by atoms with E-state index in [-0.39, 0.29) is 17.5 Å². The Balaban J connectivity index is 1.39. The molecular formula is C23H23F2N3O2. The molecule has 3 aromatic rings. The molecule has 4 rings (SSSR count). The van der Waals surface area contributed by atoms with Gasteiger partial charge in [0.05, 0.1) is 13.5 Å². The lowest BCUT2D eigenvalue weighted by Crippen LogP contribution is -2.43. The SMILES string of the molecule is COc1ccccc1CC(=O)N1CCC(Nc2ccnc3c(F)cc(F)cc23)CC1. The van der Waals surface area contributed by atoms with Gasteiger partial charge in [0.1, 0.15) is 17.1 Å². The second-order valence-corrected chi connectivity index (χ2v) is 7.43. The fourth-order valence-corrected chi connectivity index (χ4v) is 3.92. The van der Waals surface area contributed by atoms with Crippen molar-refractivity contribution in [1.29, 1.82) is 0 Å². The number of likely N-dealkylation sites (tertiary alicyclic amines) is 1. The van der Waals surface area contributed by atoms with Crippen LogP contribution >= 0.6 is 0 Å². The van der Waals surface area contributed by atoms with E-state index in [9.17, 15) is 13.6 Å². The Kier molecular flexibility index (Phi) is 5.79. The van der Waals surface area contributed by atoms with Gasteiger partial charge in [-0.2, -0.15) is 0 Å². The van der Waals surface area contributed by atoms with E-state index in [4.69, 9.17) is 4.74 Å². The summed E-state index contributed by atoms with van der Waals surface area (Å²) in [6.07, 6.45) is 3.31. The predicted molar refractivity (Wildman–Crippen MR) is 112 cm³/mol. The lowest BCUT2D eigenvalue weighted by atomic mass is 10.0. The molecule has 1 N–H and O–H groups in total. The quantitative estimate of drug-likeness (QED) is 0.685. The summed E-state index contributed by atoms with van der Waals surface area (Å²) in [5, 5.41) is 3.80. The maximum Gasteiger partial charge on any atom is 0.227 e. The summed E-state index contributed by atoms with van der Waals surface area (Å²) in [5.74, 6) is -0.527. The molecule has 0 radical (unpaired) electrons. The molecule has 0 bridgehead atoms. The normalized spacial score (nSPS) is 14.7. The first-order valence-electron chi connectivity index (χ1n) is 9.95. The Hall–Kier alpha value is -3.22. The first-order valence-corrected chi connectivity index (χ1v) is 9.95. The number of rotatable bonds is 5. The highest BCUT2D eigenvalue weighted by molar-refractivity contribution is 5.91. The van der Waals surface area contributed by atoms with E-state index in [0.717, 1.165) is 24.5 Å². The summed E-state index contributed by atoms with van der Waals surface area (Å²) in [5.41, 5.74) is 1.67.